The summed E-state index contributed by atoms with van der Waals surface area (Å²) in [5, 5.41) is 10.4. The number of hydrogen-bond acceptors (Lipinski definition) is 3. The van der Waals surface area contributed by atoms with Gasteiger partial charge in [0, 0.05) is 20.1 Å². The summed E-state index contributed by atoms with van der Waals surface area (Å²) < 4.78 is 28.8. The van der Waals surface area contributed by atoms with Crippen LogP contribution >= 0.6 is 35.3 Å². The second kappa shape index (κ2) is 10.4. The molecule has 0 aliphatic carbocycles. The lowest BCUT2D eigenvalue weighted by molar-refractivity contribution is -0.0498. The van der Waals surface area contributed by atoms with E-state index in [0.29, 0.717) is 19.0 Å². The van der Waals surface area contributed by atoms with Crippen LogP contribution in [0.1, 0.15) is 11.1 Å². The number of thiophene rings is 1. The Morgan fingerprint density at radius 3 is 2.57 bits per heavy atom. The Labute approximate surface area is 155 Å². The standard InChI is InChI=1S/C15H17F2N3OS.HI/c1-18-15(20-9-12-5-6-22-10-12)19-8-11-3-2-4-13(7-11)21-14(16)17;/h2-7,10,14H,8-9H2,1H3,(H2,18,19,20);1H. The van der Waals surface area contributed by atoms with Crippen molar-refractivity contribution in [3.05, 3.63) is 52.2 Å². The number of hydrogen-bond donors (Lipinski definition) is 2. The first-order chi connectivity index (χ1) is 10.7. The Hall–Kier alpha value is -1.42. The van der Waals surface area contributed by atoms with E-state index in [1.165, 1.54) is 11.6 Å². The predicted molar refractivity (Wildman–Crippen MR) is 99.8 cm³/mol. The van der Waals surface area contributed by atoms with E-state index >= 15 is 0 Å². The smallest absolute Gasteiger partial charge is 0.387 e. The number of ether oxygens (including phenoxy) is 1. The fraction of sp³-hybridized carbons (Fsp3) is 0.267. The third-order valence-electron chi connectivity index (χ3n) is 2.85. The summed E-state index contributed by atoms with van der Waals surface area (Å²) in [5.41, 5.74) is 2.01. The zero-order valence-electron chi connectivity index (χ0n) is 12.5. The fourth-order valence-electron chi connectivity index (χ4n) is 1.82. The number of nitrogens with zero attached hydrogens (tertiary/aromatic N) is 1. The summed E-state index contributed by atoms with van der Waals surface area (Å²) in [5.74, 6) is 0.793. The fourth-order valence-corrected chi connectivity index (χ4v) is 2.49. The summed E-state index contributed by atoms with van der Waals surface area (Å²) in [6.07, 6.45) is 0. The molecule has 0 atom stereocenters. The van der Waals surface area contributed by atoms with Gasteiger partial charge < -0.3 is 15.4 Å². The molecule has 1 heterocycles. The summed E-state index contributed by atoms with van der Waals surface area (Å²) in [6, 6.07) is 8.62. The monoisotopic (exact) mass is 453 g/mol. The minimum absolute atomic E-state index is 0. The molecule has 0 aliphatic rings. The van der Waals surface area contributed by atoms with Crippen LogP contribution in [0.3, 0.4) is 0 Å². The van der Waals surface area contributed by atoms with E-state index < -0.39 is 6.61 Å². The van der Waals surface area contributed by atoms with Crippen molar-refractivity contribution in [2.75, 3.05) is 7.05 Å². The molecule has 4 nitrogen and oxygen atoms in total. The van der Waals surface area contributed by atoms with Gasteiger partial charge in [0.05, 0.1) is 0 Å². The maximum Gasteiger partial charge on any atom is 0.387 e. The van der Waals surface area contributed by atoms with Crippen molar-refractivity contribution in [3.63, 3.8) is 0 Å². The van der Waals surface area contributed by atoms with E-state index in [1.807, 2.05) is 17.5 Å². The Kier molecular flexibility index (Phi) is 8.85. The van der Waals surface area contributed by atoms with Crippen LogP contribution in [0.4, 0.5) is 8.78 Å². The van der Waals surface area contributed by atoms with Crippen molar-refractivity contribution in [3.8, 4) is 5.75 Å². The summed E-state index contributed by atoms with van der Waals surface area (Å²) >= 11 is 1.64. The number of nitrogens with one attached hydrogen (secondary N) is 2. The summed E-state index contributed by atoms with van der Waals surface area (Å²) in [4.78, 5) is 4.12. The number of halogens is 3. The molecule has 0 radical (unpaired) electrons. The lowest BCUT2D eigenvalue weighted by Gasteiger charge is -2.12. The maximum atomic E-state index is 12.2. The molecule has 23 heavy (non-hydrogen) atoms. The topological polar surface area (TPSA) is 45.7 Å². The highest BCUT2D eigenvalue weighted by Crippen LogP contribution is 2.15. The van der Waals surface area contributed by atoms with Gasteiger partial charge in [-0.1, -0.05) is 12.1 Å². The highest BCUT2D eigenvalue weighted by molar-refractivity contribution is 14.0. The highest BCUT2D eigenvalue weighted by atomic mass is 127. The van der Waals surface area contributed by atoms with E-state index in [1.54, 1.807) is 30.5 Å². The minimum atomic E-state index is -2.82. The average molecular weight is 453 g/mol. The van der Waals surface area contributed by atoms with Crippen molar-refractivity contribution >= 4 is 41.3 Å². The molecule has 1 aromatic heterocycles. The number of guanidine groups is 1. The van der Waals surface area contributed by atoms with Gasteiger partial charge in [0.15, 0.2) is 5.96 Å². The molecule has 126 valence electrons. The van der Waals surface area contributed by atoms with E-state index in [2.05, 4.69) is 25.7 Å². The van der Waals surface area contributed by atoms with Crippen molar-refractivity contribution in [1.29, 1.82) is 0 Å². The number of benzene rings is 1. The van der Waals surface area contributed by atoms with Gasteiger partial charge in [-0.05, 0) is 40.1 Å². The van der Waals surface area contributed by atoms with Crippen LogP contribution in [0.15, 0.2) is 46.1 Å². The molecule has 0 aliphatic heterocycles. The average Bonchev–Trinajstić information content (AvgIpc) is 3.00. The summed E-state index contributed by atoms with van der Waals surface area (Å²) in [6.45, 7) is -1.68. The Morgan fingerprint density at radius 1 is 1.22 bits per heavy atom. The number of alkyl halides is 2. The Balaban J connectivity index is 0.00000264. The van der Waals surface area contributed by atoms with Gasteiger partial charge in [0.1, 0.15) is 5.75 Å². The summed E-state index contributed by atoms with van der Waals surface area (Å²) in [7, 11) is 1.68. The zero-order valence-corrected chi connectivity index (χ0v) is 15.6. The van der Waals surface area contributed by atoms with E-state index in [4.69, 9.17) is 0 Å². The molecule has 0 fully saturated rings. The molecule has 1 aromatic carbocycles. The van der Waals surface area contributed by atoms with Crippen LogP contribution in [-0.4, -0.2) is 19.6 Å². The van der Waals surface area contributed by atoms with E-state index in [9.17, 15) is 8.78 Å². The zero-order chi connectivity index (χ0) is 15.8. The normalized spacial score (nSPS) is 11.0. The molecule has 0 saturated carbocycles. The molecule has 2 rings (SSSR count). The van der Waals surface area contributed by atoms with Crippen LogP contribution in [0.5, 0.6) is 5.75 Å². The molecule has 0 bridgehead atoms. The largest absolute Gasteiger partial charge is 0.435 e. The van der Waals surface area contributed by atoms with Gasteiger partial charge >= 0.3 is 6.61 Å². The van der Waals surface area contributed by atoms with Gasteiger partial charge in [-0.3, -0.25) is 4.99 Å². The lowest BCUT2D eigenvalue weighted by Crippen LogP contribution is -2.36. The van der Waals surface area contributed by atoms with Crippen molar-refractivity contribution in [2.24, 2.45) is 4.99 Å². The Morgan fingerprint density at radius 2 is 1.96 bits per heavy atom. The van der Waals surface area contributed by atoms with Gasteiger partial charge in [0.2, 0.25) is 0 Å². The molecule has 0 spiro atoms. The molecule has 8 heteroatoms. The minimum Gasteiger partial charge on any atom is -0.435 e. The van der Waals surface area contributed by atoms with Crippen LogP contribution < -0.4 is 15.4 Å². The highest BCUT2D eigenvalue weighted by Gasteiger charge is 2.05. The first-order valence-electron chi connectivity index (χ1n) is 6.66. The molecule has 2 aromatic rings. The first kappa shape index (κ1) is 19.6. The van der Waals surface area contributed by atoms with Crippen LogP contribution in [0.2, 0.25) is 0 Å². The van der Waals surface area contributed by atoms with Crippen molar-refractivity contribution in [2.45, 2.75) is 19.7 Å². The third kappa shape index (κ3) is 7.12. The van der Waals surface area contributed by atoms with Crippen LogP contribution in [-0.2, 0) is 13.1 Å². The molecular formula is C15H18F2IN3OS. The van der Waals surface area contributed by atoms with Crippen LogP contribution in [0, 0.1) is 0 Å². The second-order valence-corrected chi connectivity index (χ2v) is 5.22. The SMILES string of the molecule is CN=C(NCc1ccsc1)NCc1cccc(OC(F)F)c1.I. The van der Waals surface area contributed by atoms with Gasteiger partial charge in [-0.2, -0.15) is 20.1 Å². The van der Waals surface area contributed by atoms with Crippen LogP contribution in [0.25, 0.3) is 0 Å². The molecule has 0 saturated heterocycles. The maximum absolute atomic E-state index is 12.2. The first-order valence-corrected chi connectivity index (χ1v) is 7.61. The molecule has 0 unspecified atom stereocenters. The molecule has 2 N–H and O–H groups in total. The number of rotatable bonds is 6. The van der Waals surface area contributed by atoms with E-state index in [0.717, 1.165) is 5.56 Å². The second-order valence-electron chi connectivity index (χ2n) is 4.44. The van der Waals surface area contributed by atoms with Gasteiger partial charge in [-0.25, -0.2) is 0 Å². The molecular weight excluding hydrogens is 435 g/mol. The number of aliphatic imine (C=N–C) groups is 1. The van der Waals surface area contributed by atoms with Gasteiger partial charge in [0.25, 0.3) is 0 Å². The Bertz CT molecular complexity index is 609. The molecule has 0 amide bonds. The van der Waals surface area contributed by atoms with Crippen molar-refractivity contribution in [1.82, 2.24) is 10.6 Å². The van der Waals surface area contributed by atoms with Gasteiger partial charge in [-0.15, -0.1) is 24.0 Å². The quantitative estimate of drug-likeness (QED) is 0.397. The predicted octanol–water partition coefficient (Wildman–Crippen LogP) is 3.83. The van der Waals surface area contributed by atoms with Crippen molar-refractivity contribution < 1.29 is 13.5 Å². The third-order valence-corrected chi connectivity index (χ3v) is 3.58. The van der Waals surface area contributed by atoms with E-state index in [-0.39, 0.29) is 29.7 Å². The lowest BCUT2D eigenvalue weighted by atomic mass is 10.2.